The molecule has 7 heteroatoms. The Bertz CT molecular complexity index is 1230. The number of carbonyl (C=O) groups is 1. The third-order valence-corrected chi connectivity index (χ3v) is 4.93. The summed E-state index contributed by atoms with van der Waals surface area (Å²) in [6.45, 7) is 0.341. The van der Waals surface area contributed by atoms with Gasteiger partial charge >= 0.3 is 0 Å². The molecule has 144 valence electrons. The zero-order chi connectivity index (χ0) is 20.4. The van der Waals surface area contributed by atoms with Crippen LogP contribution in [0.2, 0.25) is 5.02 Å². The molecule has 0 unspecified atom stereocenters. The van der Waals surface area contributed by atoms with E-state index in [2.05, 4.69) is 10.2 Å². The highest BCUT2D eigenvalue weighted by molar-refractivity contribution is 6.31. The van der Waals surface area contributed by atoms with Gasteiger partial charge < -0.3 is 14.8 Å². The van der Waals surface area contributed by atoms with Crippen LogP contribution in [-0.4, -0.2) is 20.7 Å². The molecule has 6 nitrogen and oxygen atoms in total. The van der Waals surface area contributed by atoms with Gasteiger partial charge in [-0.15, -0.1) is 10.2 Å². The highest BCUT2D eigenvalue weighted by Crippen LogP contribution is 2.39. The van der Waals surface area contributed by atoms with Gasteiger partial charge in [0, 0.05) is 16.0 Å². The molecule has 0 bridgehead atoms. The van der Waals surface area contributed by atoms with E-state index in [1.165, 1.54) is 24.3 Å². The molecule has 0 aliphatic rings. The molecule has 0 spiro atoms. The number of hydrogen-bond acceptors (Lipinski definition) is 4. The Morgan fingerprint density at radius 2 is 1.62 bits per heavy atom. The number of phenols is 1. The summed E-state index contributed by atoms with van der Waals surface area (Å²) in [5, 5.41) is 29.2. The second kappa shape index (κ2) is 7.77. The van der Waals surface area contributed by atoms with Crippen molar-refractivity contribution >= 4 is 34.1 Å². The number of azo groups is 1. The number of phenolic OH excluding ortho intramolecular Hbond substituents is 1. The van der Waals surface area contributed by atoms with Crippen LogP contribution in [0.15, 0.2) is 83.0 Å². The number of rotatable bonds is 4. The number of benzene rings is 3. The van der Waals surface area contributed by atoms with Gasteiger partial charge in [-0.2, -0.15) is 0 Å². The first-order valence-corrected chi connectivity index (χ1v) is 9.21. The fraction of sp³-hybridized carbons (Fsp3) is 0.0455. The van der Waals surface area contributed by atoms with E-state index in [1.807, 2.05) is 36.4 Å². The maximum Gasteiger partial charge on any atom is 0.295 e. The van der Waals surface area contributed by atoms with Crippen LogP contribution in [0.4, 0.5) is 5.69 Å². The van der Waals surface area contributed by atoms with Crippen LogP contribution in [0.5, 0.6) is 11.6 Å². The van der Waals surface area contributed by atoms with E-state index in [-0.39, 0.29) is 22.9 Å². The Hall–Kier alpha value is -3.64. The van der Waals surface area contributed by atoms with Crippen LogP contribution in [0.3, 0.4) is 0 Å². The topological polar surface area (TPSA) is 87.2 Å². The largest absolute Gasteiger partial charge is 0.508 e. The second-order valence-corrected chi connectivity index (χ2v) is 6.83. The fourth-order valence-electron chi connectivity index (χ4n) is 3.08. The first-order valence-electron chi connectivity index (χ1n) is 8.83. The van der Waals surface area contributed by atoms with Crippen molar-refractivity contribution in [2.75, 3.05) is 0 Å². The SMILES string of the molecule is O=C(N=Nc1c(O)n(Cc2ccccc2Cl)c2ccccc12)c1ccc(O)cc1. The molecule has 0 fully saturated rings. The molecule has 29 heavy (non-hydrogen) atoms. The van der Waals surface area contributed by atoms with E-state index in [1.54, 1.807) is 16.7 Å². The summed E-state index contributed by atoms with van der Waals surface area (Å²) in [5.41, 5.74) is 2.08. The predicted molar refractivity (Wildman–Crippen MR) is 111 cm³/mol. The molecule has 1 aromatic heterocycles. The molecule has 3 aromatic carbocycles. The number of nitrogens with zero attached hydrogens (tertiary/aromatic N) is 3. The number of halogens is 1. The van der Waals surface area contributed by atoms with E-state index in [4.69, 9.17) is 11.6 Å². The third-order valence-electron chi connectivity index (χ3n) is 4.56. The van der Waals surface area contributed by atoms with Crippen LogP contribution < -0.4 is 0 Å². The lowest BCUT2D eigenvalue weighted by molar-refractivity contribution is 0.0995. The van der Waals surface area contributed by atoms with Crippen LogP contribution >= 0.6 is 11.6 Å². The maximum absolute atomic E-state index is 12.3. The lowest BCUT2D eigenvalue weighted by atomic mass is 10.2. The summed E-state index contributed by atoms with van der Waals surface area (Å²) in [4.78, 5) is 12.3. The fourth-order valence-corrected chi connectivity index (χ4v) is 3.28. The quantitative estimate of drug-likeness (QED) is 0.428. The van der Waals surface area contributed by atoms with E-state index >= 15 is 0 Å². The highest BCUT2D eigenvalue weighted by Gasteiger charge is 2.18. The van der Waals surface area contributed by atoms with E-state index in [9.17, 15) is 15.0 Å². The molecule has 2 N–H and O–H groups in total. The first-order chi connectivity index (χ1) is 14.0. The van der Waals surface area contributed by atoms with Gasteiger partial charge in [-0.05, 0) is 42.0 Å². The molecule has 0 aliphatic carbocycles. The van der Waals surface area contributed by atoms with E-state index in [0.717, 1.165) is 11.1 Å². The molecule has 0 radical (unpaired) electrons. The summed E-state index contributed by atoms with van der Waals surface area (Å²) in [5.74, 6) is -0.625. The van der Waals surface area contributed by atoms with Gasteiger partial charge in [0.15, 0.2) is 5.69 Å². The molecule has 0 saturated heterocycles. The lowest BCUT2D eigenvalue weighted by Crippen LogP contribution is -1.99. The monoisotopic (exact) mass is 405 g/mol. The molecule has 0 atom stereocenters. The Balaban J connectivity index is 1.73. The third kappa shape index (κ3) is 3.70. The smallest absolute Gasteiger partial charge is 0.295 e. The number of hydrogen-bond donors (Lipinski definition) is 2. The Morgan fingerprint density at radius 3 is 2.38 bits per heavy atom. The number of amides is 1. The van der Waals surface area contributed by atoms with Gasteiger partial charge in [0.25, 0.3) is 5.91 Å². The summed E-state index contributed by atoms with van der Waals surface area (Å²) >= 11 is 6.27. The second-order valence-electron chi connectivity index (χ2n) is 6.42. The van der Waals surface area contributed by atoms with Gasteiger partial charge in [-0.3, -0.25) is 4.79 Å². The maximum atomic E-state index is 12.3. The van der Waals surface area contributed by atoms with Crippen LogP contribution in [0.25, 0.3) is 10.9 Å². The predicted octanol–water partition coefficient (Wildman–Crippen LogP) is 5.68. The van der Waals surface area contributed by atoms with Crippen molar-refractivity contribution in [3.63, 3.8) is 0 Å². The minimum absolute atomic E-state index is 0.0544. The lowest BCUT2D eigenvalue weighted by Gasteiger charge is -2.08. The van der Waals surface area contributed by atoms with Crippen molar-refractivity contribution < 1.29 is 15.0 Å². The molecule has 1 amide bonds. The van der Waals surface area contributed by atoms with Crippen molar-refractivity contribution in [1.82, 2.24) is 4.57 Å². The minimum atomic E-state index is -0.577. The number of para-hydroxylation sites is 1. The standard InChI is InChI=1S/C22H16ClN3O3/c23-18-7-3-1-5-15(18)13-26-19-8-4-2-6-17(19)20(22(26)29)24-25-21(28)14-9-11-16(27)12-10-14/h1-12,27,29H,13H2. The number of aromatic hydroxyl groups is 2. The van der Waals surface area contributed by atoms with E-state index < -0.39 is 5.91 Å². The zero-order valence-corrected chi connectivity index (χ0v) is 15.9. The number of fused-ring (bicyclic) bond motifs is 1. The molecular weight excluding hydrogens is 390 g/mol. The molecular formula is C22H16ClN3O3. The summed E-state index contributed by atoms with van der Waals surface area (Å²) in [6.07, 6.45) is 0. The van der Waals surface area contributed by atoms with Crippen molar-refractivity contribution in [3.8, 4) is 11.6 Å². The molecule has 1 heterocycles. The van der Waals surface area contributed by atoms with Gasteiger partial charge in [0.1, 0.15) is 5.75 Å². The Labute approximate surface area is 171 Å². The Morgan fingerprint density at radius 1 is 0.931 bits per heavy atom. The zero-order valence-electron chi connectivity index (χ0n) is 15.2. The van der Waals surface area contributed by atoms with Gasteiger partial charge in [0.2, 0.25) is 5.88 Å². The summed E-state index contributed by atoms with van der Waals surface area (Å²) < 4.78 is 1.68. The van der Waals surface area contributed by atoms with Crippen LogP contribution in [-0.2, 0) is 6.54 Å². The normalized spacial score (nSPS) is 11.3. The molecule has 0 saturated carbocycles. The van der Waals surface area contributed by atoms with Crippen molar-refractivity contribution in [2.45, 2.75) is 6.54 Å². The van der Waals surface area contributed by atoms with Crippen molar-refractivity contribution in [2.24, 2.45) is 10.2 Å². The molecule has 4 aromatic rings. The highest BCUT2D eigenvalue weighted by atomic mass is 35.5. The van der Waals surface area contributed by atoms with Gasteiger partial charge in [-0.1, -0.05) is 48.0 Å². The van der Waals surface area contributed by atoms with E-state index in [0.29, 0.717) is 17.0 Å². The molecule has 4 rings (SSSR count). The van der Waals surface area contributed by atoms with Crippen molar-refractivity contribution in [1.29, 1.82) is 0 Å². The Kier molecular flexibility index (Phi) is 5.01. The first kappa shape index (κ1) is 18.7. The van der Waals surface area contributed by atoms with Crippen LogP contribution in [0.1, 0.15) is 15.9 Å². The minimum Gasteiger partial charge on any atom is -0.508 e. The average Bonchev–Trinajstić information content (AvgIpc) is 2.99. The summed E-state index contributed by atoms with van der Waals surface area (Å²) in [7, 11) is 0. The number of carbonyl (C=O) groups excluding carboxylic acids is 1. The van der Waals surface area contributed by atoms with Crippen LogP contribution in [0, 0.1) is 0 Å². The average molecular weight is 406 g/mol. The molecule has 0 aliphatic heterocycles. The summed E-state index contributed by atoms with van der Waals surface area (Å²) in [6, 6.07) is 20.4. The number of aromatic nitrogens is 1. The van der Waals surface area contributed by atoms with Crippen molar-refractivity contribution in [3.05, 3.63) is 88.9 Å². The van der Waals surface area contributed by atoms with Gasteiger partial charge in [0.05, 0.1) is 12.1 Å². The van der Waals surface area contributed by atoms with Gasteiger partial charge in [-0.25, -0.2) is 0 Å².